The van der Waals surface area contributed by atoms with Crippen LogP contribution in [0.15, 0.2) is 23.2 Å². The van der Waals surface area contributed by atoms with E-state index in [1.54, 1.807) is 26.0 Å². The van der Waals surface area contributed by atoms with E-state index in [1.807, 2.05) is 0 Å². The highest BCUT2D eigenvalue weighted by Gasteiger charge is 2.22. The summed E-state index contributed by atoms with van der Waals surface area (Å²) in [4.78, 5) is 5.94. The Bertz CT molecular complexity index is 608. The summed E-state index contributed by atoms with van der Waals surface area (Å²) in [5, 5.41) is 6.34. The maximum Gasteiger partial charge on any atom is 0.191 e. The molecule has 1 aromatic carbocycles. The molecular formula is C20H33F2IN4O2. The van der Waals surface area contributed by atoms with Crippen LogP contribution in [0.2, 0.25) is 0 Å². The third-order valence-corrected chi connectivity index (χ3v) is 4.73. The lowest BCUT2D eigenvalue weighted by Crippen LogP contribution is -2.42. The highest BCUT2D eigenvalue weighted by Crippen LogP contribution is 2.23. The summed E-state index contributed by atoms with van der Waals surface area (Å²) in [6.07, 6.45) is 3.25. The summed E-state index contributed by atoms with van der Waals surface area (Å²) >= 11 is 0. The number of aliphatic imine (C=N–C) groups is 1. The first-order chi connectivity index (χ1) is 13.5. The zero-order chi connectivity index (χ0) is 20.4. The summed E-state index contributed by atoms with van der Waals surface area (Å²) < 4.78 is 39.4. The summed E-state index contributed by atoms with van der Waals surface area (Å²) in [7, 11) is 5.25. The average Bonchev–Trinajstić information content (AvgIpc) is 3.18. The fourth-order valence-electron chi connectivity index (χ4n) is 3.16. The van der Waals surface area contributed by atoms with Gasteiger partial charge in [0, 0.05) is 38.9 Å². The van der Waals surface area contributed by atoms with Crippen molar-refractivity contribution in [1.29, 1.82) is 0 Å². The minimum atomic E-state index is -0.549. The van der Waals surface area contributed by atoms with E-state index in [-0.39, 0.29) is 35.6 Å². The third-order valence-electron chi connectivity index (χ3n) is 4.73. The zero-order valence-electron chi connectivity index (χ0n) is 17.4. The van der Waals surface area contributed by atoms with Gasteiger partial charge in [-0.25, -0.2) is 8.78 Å². The molecule has 0 bridgehead atoms. The predicted molar refractivity (Wildman–Crippen MR) is 122 cm³/mol. The highest BCUT2D eigenvalue weighted by atomic mass is 127. The molecule has 1 aromatic rings. The molecule has 2 atom stereocenters. The minimum Gasteiger partial charge on any atom is -0.379 e. The molecule has 1 fully saturated rings. The first-order valence-corrected chi connectivity index (χ1v) is 9.77. The SMILES string of the molecule is CN=C(NCCCOCC1CCCO1)NCC(c1c(F)cccc1F)N(C)C.I. The van der Waals surface area contributed by atoms with E-state index in [1.165, 1.54) is 18.2 Å². The Balaban J connectivity index is 0.00000420. The molecule has 1 saturated heterocycles. The predicted octanol–water partition coefficient (Wildman–Crippen LogP) is 2.94. The zero-order valence-corrected chi connectivity index (χ0v) is 19.7. The minimum absolute atomic E-state index is 0. The fourth-order valence-corrected chi connectivity index (χ4v) is 3.16. The van der Waals surface area contributed by atoms with Gasteiger partial charge in [0.2, 0.25) is 0 Å². The van der Waals surface area contributed by atoms with Crippen LogP contribution in [-0.4, -0.2) is 71.0 Å². The Hall–Kier alpha value is -1.04. The molecule has 0 saturated carbocycles. The van der Waals surface area contributed by atoms with E-state index in [9.17, 15) is 8.78 Å². The molecule has 2 N–H and O–H groups in total. The summed E-state index contributed by atoms with van der Waals surface area (Å²) in [5.41, 5.74) is 0.0537. The Kier molecular flexibility index (Phi) is 12.6. The molecule has 166 valence electrons. The number of guanidine groups is 1. The number of benzene rings is 1. The number of nitrogens with one attached hydrogen (secondary N) is 2. The number of nitrogens with zero attached hydrogens (tertiary/aromatic N) is 2. The third kappa shape index (κ3) is 8.69. The lowest BCUT2D eigenvalue weighted by Gasteiger charge is -2.26. The van der Waals surface area contributed by atoms with Crippen LogP contribution in [0, 0.1) is 11.6 Å². The topological polar surface area (TPSA) is 58.1 Å². The molecular weight excluding hydrogens is 493 g/mol. The van der Waals surface area contributed by atoms with Crippen molar-refractivity contribution in [3.63, 3.8) is 0 Å². The van der Waals surface area contributed by atoms with Crippen molar-refractivity contribution in [3.8, 4) is 0 Å². The van der Waals surface area contributed by atoms with Crippen LogP contribution in [0.4, 0.5) is 8.78 Å². The van der Waals surface area contributed by atoms with Gasteiger partial charge in [-0.1, -0.05) is 6.07 Å². The van der Waals surface area contributed by atoms with Gasteiger partial charge in [0.1, 0.15) is 11.6 Å². The second kappa shape index (κ2) is 14.1. The molecule has 0 spiro atoms. The molecule has 6 nitrogen and oxygen atoms in total. The second-order valence-corrected chi connectivity index (χ2v) is 7.06. The summed E-state index contributed by atoms with van der Waals surface area (Å²) in [6, 6.07) is 3.46. The highest BCUT2D eigenvalue weighted by molar-refractivity contribution is 14.0. The van der Waals surface area contributed by atoms with Crippen LogP contribution >= 0.6 is 24.0 Å². The van der Waals surface area contributed by atoms with E-state index in [0.29, 0.717) is 32.3 Å². The molecule has 1 heterocycles. The molecule has 1 aliphatic rings. The number of hydrogen-bond donors (Lipinski definition) is 2. The number of likely N-dealkylation sites (N-methyl/N-ethyl adjacent to an activating group) is 1. The fraction of sp³-hybridized carbons (Fsp3) is 0.650. The lowest BCUT2D eigenvalue weighted by atomic mass is 10.0. The van der Waals surface area contributed by atoms with Gasteiger partial charge >= 0.3 is 0 Å². The molecule has 2 rings (SSSR count). The van der Waals surface area contributed by atoms with Crippen molar-refractivity contribution < 1.29 is 18.3 Å². The van der Waals surface area contributed by atoms with E-state index >= 15 is 0 Å². The van der Waals surface area contributed by atoms with Gasteiger partial charge in [0.05, 0.1) is 18.8 Å². The van der Waals surface area contributed by atoms with Crippen LogP contribution in [0.5, 0.6) is 0 Å². The van der Waals surface area contributed by atoms with E-state index in [2.05, 4.69) is 15.6 Å². The molecule has 0 aromatic heterocycles. The van der Waals surface area contributed by atoms with Gasteiger partial charge in [-0.15, -0.1) is 24.0 Å². The van der Waals surface area contributed by atoms with E-state index in [0.717, 1.165) is 25.9 Å². The van der Waals surface area contributed by atoms with E-state index < -0.39 is 17.7 Å². The molecule has 0 radical (unpaired) electrons. The monoisotopic (exact) mass is 526 g/mol. The standard InChI is InChI=1S/C20H32F2N4O2.HI/c1-23-20(24-10-6-11-27-14-15-7-5-12-28-15)25-13-18(26(2)3)19-16(21)8-4-9-17(19)22;/h4,8-9,15,18H,5-7,10-14H2,1-3H3,(H2,23,24,25);1H. The molecule has 0 aliphatic carbocycles. The maximum absolute atomic E-state index is 14.1. The lowest BCUT2D eigenvalue weighted by molar-refractivity contribution is 0.0168. The number of hydrogen-bond acceptors (Lipinski definition) is 4. The van der Waals surface area contributed by atoms with Crippen molar-refractivity contribution in [2.75, 3.05) is 54.1 Å². The van der Waals surface area contributed by atoms with Gasteiger partial charge in [0.15, 0.2) is 5.96 Å². The first-order valence-electron chi connectivity index (χ1n) is 9.77. The van der Waals surface area contributed by atoms with Gasteiger partial charge < -0.3 is 25.0 Å². The first kappa shape index (κ1) is 26.0. The molecule has 1 aliphatic heterocycles. The van der Waals surface area contributed by atoms with Crippen molar-refractivity contribution >= 4 is 29.9 Å². The number of ether oxygens (including phenoxy) is 2. The Morgan fingerprint density at radius 2 is 2.03 bits per heavy atom. The quantitative estimate of drug-likeness (QED) is 0.213. The number of rotatable bonds is 10. The Morgan fingerprint density at radius 3 is 2.62 bits per heavy atom. The molecule has 9 heteroatoms. The average molecular weight is 526 g/mol. The van der Waals surface area contributed by atoms with E-state index in [4.69, 9.17) is 9.47 Å². The molecule has 29 heavy (non-hydrogen) atoms. The Labute approximate surface area is 189 Å². The van der Waals surface area contributed by atoms with Crippen LogP contribution in [0.25, 0.3) is 0 Å². The Morgan fingerprint density at radius 1 is 1.31 bits per heavy atom. The van der Waals surface area contributed by atoms with Crippen molar-refractivity contribution in [2.24, 2.45) is 4.99 Å². The summed E-state index contributed by atoms with van der Waals surface area (Å²) in [6.45, 7) is 3.13. The smallest absolute Gasteiger partial charge is 0.191 e. The number of halogens is 3. The molecule has 0 amide bonds. The largest absolute Gasteiger partial charge is 0.379 e. The second-order valence-electron chi connectivity index (χ2n) is 7.06. The van der Waals surface area contributed by atoms with Gasteiger partial charge in [-0.05, 0) is 45.5 Å². The van der Waals surface area contributed by atoms with Gasteiger partial charge in [0.25, 0.3) is 0 Å². The van der Waals surface area contributed by atoms with Crippen molar-refractivity contribution in [1.82, 2.24) is 15.5 Å². The van der Waals surface area contributed by atoms with Crippen LogP contribution in [0.3, 0.4) is 0 Å². The van der Waals surface area contributed by atoms with Crippen molar-refractivity contribution in [2.45, 2.75) is 31.4 Å². The van der Waals surface area contributed by atoms with Gasteiger partial charge in [-0.2, -0.15) is 0 Å². The van der Waals surface area contributed by atoms with Crippen molar-refractivity contribution in [3.05, 3.63) is 35.4 Å². The van der Waals surface area contributed by atoms with Crippen LogP contribution in [0.1, 0.15) is 30.9 Å². The molecule has 2 unspecified atom stereocenters. The van der Waals surface area contributed by atoms with Crippen LogP contribution in [-0.2, 0) is 9.47 Å². The maximum atomic E-state index is 14.1. The van der Waals surface area contributed by atoms with Gasteiger partial charge in [-0.3, -0.25) is 4.99 Å². The summed E-state index contributed by atoms with van der Waals surface area (Å²) in [5.74, 6) is -0.513. The normalized spacial score (nSPS) is 17.9. The van der Waals surface area contributed by atoms with Crippen LogP contribution < -0.4 is 10.6 Å².